The van der Waals surface area contributed by atoms with Crippen molar-refractivity contribution in [1.82, 2.24) is 0 Å². The summed E-state index contributed by atoms with van der Waals surface area (Å²) in [6.07, 6.45) is 0.302. The number of para-hydroxylation sites is 1. The lowest BCUT2D eigenvalue weighted by molar-refractivity contribution is -0.116. The summed E-state index contributed by atoms with van der Waals surface area (Å²) in [5, 5.41) is 3.00. The van der Waals surface area contributed by atoms with Crippen molar-refractivity contribution in [2.75, 3.05) is 11.9 Å². The maximum Gasteiger partial charge on any atom is 0.227 e. The topological polar surface area (TPSA) is 38.3 Å². The minimum absolute atomic E-state index is 0.0568. The minimum Gasteiger partial charge on any atom is -0.493 e. The van der Waals surface area contributed by atoms with E-state index >= 15 is 0 Å². The number of rotatable bonds is 6. The molecule has 0 aliphatic heterocycles. The lowest BCUT2D eigenvalue weighted by atomic mass is 10.0. The van der Waals surface area contributed by atoms with Gasteiger partial charge in [-0.1, -0.05) is 60.7 Å². The maximum atomic E-state index is 12.3. The van der Waals surface area contributed by atoms with Gasteiger partial charge in [-0.3, -0.25) is 4.79 Å². The van der Waals surface area contributed by atoms with Crippen LogP contribution in [0.1, 0.15) is 17.5 Å². The Balaban J connectivity index is 1.61. The fourth-order valence-corrected chi connectivity index (χ4v) is 2.79. The number of amides is 1. The van der Waals surface area contributed by atoms with Gasteiger partial charge in [0, 0.05) is 11.3 Å². The second kappa shape index (κ2) is 8.34. The summed E-state index contributed by atoms with van der Waals surface area (Å²) < 4.78 is 5.78. The van der Waals surface area contributed by atoms with Gasteiger partial charge in [-0.15, -0.1) is 0 Å². The molecule has 1 amide bonds. The van der Waals surface area contributed by atoms with Crippen LogP contribution in [0.15, 0.2) is 72.8 Å². The summed E-state index contributed by atoms with van der Waals surface area (Å²) in [5.41, 5.74) is 5.12. The summed E-state index contributed by atoms with van der Waals surface area (Å²) in [5.74, 6) is 0.779. The molecule has 0 saturated carbocycles. The van der Waals surface area contributed by atoms with E-state index in [0.717, 1.165) is 33.7 Å². The molecular weight excluding hydrogens is 322 g/mol. The minimum atomic E-state index is -0.0568. The highest BCUT2D eigenvalue weighted by Gasteiger charge is 2.09. The average Bonchev–Trinajstić information content (AvgIpc) is 2.66. The Labute approximate surface area is 154 Å². The van der Waals surface area contributed by atoms with Crippen LogP contribution in [0, 0.1) is 13.8 Å². The quantitative estimate of drug-likeness (QED) is 0.651. The molecule has 1 N–H and O–H groups in total. The first-order valence-electron chi connectivity index (χ1n) is 8.78. The van der Waals surface area contributed by atoms with Crippen LogP contribution >= 0.6 is 0 Å². The molecule has 0 heterocycles. The molecule has 0 aliphatic rings. The second-order valence-corrected chi connectivity index (χ2v) is 6.33. The van der Waals surface area contributed by atoms with E-state index in [4.69, 9.17) is 4.74 Å². The number of hydrogen-bond donors (Lipinski definition) is 1. The van der Waals surface area contributed by atoms with Gasteiger partial charge in [0.05, 0.1) is 13.0 Å². The van der Waals surface area contributed by atoms with E-state index in [1.165, 1.54) is 0 Å². The van der Waals surface area contributed by atoms with Crippen LogP contribution in [0.25, 0.3) is 11.1 Å². The van der Waals surface area contributed by atoms with Gasteiger partial charge in [-0.2, -0.15) is 0 Å². The Morgan fingerprint density at radius 2 is 1.65 bits per heavy atom. The van der Waals surface area contributed by atoms with Crippen LogP contribution in [0.4, 0.5) is 5.69 Å². The highest BCUT2D eigenvalue weighted by Crippen LogP contribution is 2.27. The second-order valence-electron chi connectivity index (χ2n) is 6.33. The third-order valence-corrected chi connectivity index (χ3v) is 4.22. The molecule has 3 nitrogen and oxygen atoms in total. The molecule has 0 atom stereocenters. The fraction of sp³-hybridized carbons (Fsp3) is 0.174. The van der Waals surface area contributed by atoms with Crippen molar-refractivity contribution in [3.05, 3.63) is 83.9 Å². The molecule has 3 aromatic rings. The highest BCUT2D eigenvalue weighted by atomic mass is 16.5. The molecule has 3 heteroatoms. The van der Waals surface area contributed by atoms with E-state index in [0.29, 0.717) is 13.0 Å². The Morgan fingerprint density at radius 3 is 2.46 bits per heavy atom. The van der Waals surface area contributed by atoms with Crippen LogP contribution in [-0.4, -0.2) is 12.5 Å². The van der Waals surface area contributed by atoms with E-state index < -0.39 is 0 Å². The molecule has 0 aliphatic carbocycles. The standard InChI is InChI=1S/C23H23NO2/c1-17-12-13-18(2)22(16-17)26-15-14-23(25)24-21-11-7-6-10-20(21)19-8-4-3-5-9-19/h3-13,16H,14-15H2,1-2H3,(H,24,25). The van der Waals surface area contributed by atoms with Gasteiger partial charge in [0.15, 0.2) is 0 Å². The van der Waals surface area contributed by atoms with E-state index in [9.17, 15) is 4.79 Å². The van der Waals surface area contributed by atoms with Crippen LogP contribution in [-0.2, 0) is 4.79 Å². The zero-order valence-electron chi connectivity index (χ0n) is 15.2. The molecule has 3 aromatic carbocycles. The molecule has 0 saturated heterocycles. The van der Waals surface area contributed by atoms with Gasteiger partial charge in [0.25, 0.3) is 0 Å². The predicted molar refractivity (Wildman–Crippen MR) is 107 cm³/mol. The number of nitrogens with one attached hydrogen (secondary N) is 1. The van der Waals surface area contributed by atoms with E-state index in [-0.39, 0.29) is 5.91 Å². The van der Waals surface area contributed by atoms with Crippen LogP contribution in [0.2, 0.25) is 0 Å². The van der Waals surface area contributed by atoms with Crippen molar-refractivity contribution in [2.45, 2.75) is 20.3 Å². The third kappa shape index (κ3) is 4.51. The summed E-state index contributed by atoms with van der Waals surface area (Å²) in [6, 6.07) is 23.9. The number of benzene rings is 3. The number of ether oxygens (including phenoxy) is 1. The van der Waals surface area contributed by atoms with Gasteiger partial charge in [0.1, 0.15) is 5.75 Å². The largest absolute Gasteiger partial charge is 0.493 e. The van der Waals surface area contributed by atoms with Crippen molar-refractivity contribution in [3.63, 3.8) is 0 Å². The molecule has 3 rings (SSSR count). The number of aryl methyl sites for hydroxylation is 2. The molecule has 26 heavy (non-hydrogen) atoms. The van der Waals surface area contributed by atoms with Crippen molar-refractivity contribution >= 4 is 11.6 Å². The van der Waals surface area contributed by atoms with Crippen molar-refractivity contribution in [3.8, 4) is 16.9 Å². The lowest BCUT2D eigenvalue weighted by Crippen LogP contribution is -2.16. The molecule has 0 unspecified atom stereocenters. The molecule has 0 fully saturated rings. The van der Waals surface area contributed by atoms with Crippen molar-refractivity contribution < 1.29 is 9.53 Å². The molecule has 0 aromatic heterocycles. The number of carbonyl (C=O) groups is 1. The maximum absolute atomic E-state index is 12.3. The van der Waals surface area contributed by atoms with Crippen LogP contribution in [0.5, 0.6) is 5.75 Å². The summed E-state index contributed by atoms with van der Waals surface area (Å²) in [6.45, 7) is 4.38. The highest BCUT2D eigenvalue weighted by molar-refractivity contribution is 5.95. The first kappa shape index (κ1) is 17.7. The van der Waals surface area contributed by atoms with E-state index in [1.807, 2.05) is 80.6 Å². The van der Waals surface area contributed by atoms with Crippen molar-refractivity contribution in [1.29, 1.82) is 0 Å². The zero-order valence-corrected chi connectivity index (χ0v) is 15.2. The van der Waals surface area contributed by atoms with E-state index in [2.05, 4.69) is 11.4 Å². The lowest BCUT2D eigenvalue weighted by Gasteiger charge is -2.12. The average molecular weight is 345 g/mol. The monoisotopic (exact) mass is 345 g/mol. The molecule has 0 bridgehead atoms. The Morgan fingerprint density at radius 1 is 0.923 bits per heavy atom. The van der Waals surface area contributed by atoms with E-state index in [1.54, 1.807) is 0 Å². The zero-order chi connectivity index (χ0) is 18.4. The molecule has 132 valence electrons. The smallest absolute Gasteiger partial charge is 0.227 e. The third-order valence-electron chi connectivity index (χ3n) is 4.22. The van der Waals surface area contributed by atoms with Gasteiger partial charge >= 0.3 is 0 Å². The molecule has 0 radical (unpaired) electrons. The number of anilines is 1. The predicted octanol–water partition coefficient (Wildman–Crippen LogP) is 5.38. The number of hydrogen-bond acceptors (Lipinski definition) is 2. The summed E-state index contributed by atoms with van der Waals surface area (Å²) in [7, 11) is 0. The first-order valence-corrected chi connectivity index (χ1v) is 8.78. The number of carbonyl (C=O) groups excluding carboxylic acids is 1. The molecule has 0 spiro atoms. The first-order chi connectivity index (χ1) is 12.6. The summed E-state index contributed by atoms with van der Waals surface area (Å²) >= 11 is 0. The SMILES string of the molecule is Cc1ccc(C)c(OCCC(=O)Nc2ccccc2-c2ccccc2)c1. The summed E-state index contributed by atoms with van der Waals surface area (Å²) in [4.78, 5) is 12.3. The Kier molecular flexibility index (Phi) is 5.69. The van der Waals surface area contributed by atoms with Crippen LogP contribution < -0.4 is 10.1 Å². The molecular formula is C23H23NO2. The van der Waals surface area contributed by atoms with Gasteiger partial charge in [0.2, 0.25) is 5.91 Å². The van der Waals surface area contributed by atoms with Gasteiger partial charge < -0.3 is 10.1 Å². The van der Waals surface area contributed by atoms with Gasteiger partial charge in [-0.05, 0) is 42.7 Å². The van der Waals surface area contributed by atoms with Gasteiger partial charge in [-0.25, -0.2) is 0 Å². The van der Waals surface area contributed by atoms with Crippen LogP contribution in [0.3, 0.4) is 0 Å². The normalized spacial score (nSPS) is 10.4. The Hall–Kier alpha value is -3.07. The van der Waals surface area contributed by atoms with Crippen molar-refractivity contribution in [2.24, 2.45) is 0 Å². The Bertz CT molecular complexity index is 888. The fourth-order valence-electron chi connectivity index (χ4n) is 2.79.